The van der Waals surface area contributed by atoms with Crippen molar-refractivity contribution >= 4 is 28.9 Å². The van der Waals surface area contributed by atoms with Crippen LogP contribution in [0.1, 0.15) is 49.4 Å². The van der Waals surface area contributed by atoms with Crippen LogP contribution in [0, 0.1) is 16.0 Å². The molecule has 2 aliphatic heterocycles. The molecule has 220 valence electrons. The van der Waals surface area contributed by atoms with Crippen molar-refractivity contribution in [1.29, 1.82) is 0 Å². The number of aliphatic hydroxyl groups is 2. The van der Waals surface area contributed by atoms with Crippen LogP contribution < -0.4 is 9.80 Å². The van der Waals surface area contributed by atoms with Crippen molar-refractivity contribution in [2.75, 3.05) is 23.0 Å². The second-order valence-electron chi connectivity index (χ2n) is 10.7. The SMILES string of the molecule is C[C@H](/C=C/CCn1cc(CCO)nn1)[C@@]1(O)C(=O)N(Cc2ccc(N3CCCCC3=O)cc2)c2ccc([N+](=O)[O-])cc21. The number of hydrogen-bond acceptors (Lipinski definition) is 8. The first-order chi connectivity index (χ1) is 20.2. The summed E-state index contributed by atoms with van der Waals surface area (Å²) in [5.41, 5.74) is 0.688. The summed E-state index contributed by atoms with van der Waals surface area (Å²) in [5.74, 6) is -1.15. The molecule has 1 saturated heterocycles. The van der Waals surface area contributed by atoms with Crippen molar-refractivity contribution in [3.05, 3.63) is 87.7 Å². The maximum Gasteiger partial charge on any atom is 0.269 e. The molecule has 3 aromatic rings. The van der Waals surface area contributed by atoms with Gasteiger partial charge in [0.25, 0.3) is 11.6 Å². The summed E-state index contributed by atoms with van der Waals surface area (Å²) in [7, 11) is 0. The number of non-ortho nitro benzene ring substituents is 1. The number of hydrogen-bond donors (Lipinski definition) is 2. The van der Waals surface area contributed by atoms with Crippen molar-refractivity contribution in [1.82, 2.24) is 15.0 Å². The van der Waals surface area contributed by atoms with Crippen molar-refractivity contribution in [2.24, 2.45) is 5.92 Å². The van der Waals surface area contributed by atoms with Crippen LogP contribution in [-0.4, -0.2) is 55.1 Å². The molecule has 42 heavy (non-hydrogen) atoms. The minimum absolute atomic E-state index is 0.00963. The molecule has 0 bridgehead atoms. The zero-order valence-corrected chi connectivity index (χ0v) is 23.4. The van der Waals surface area contributed by atoms with Gasteiger partial charge in [-0.1, -0.05) is 36.4 Å². The molecule has 2 aliphatic rings. The lowest BCUT2D eigenvalue weighted by Gasteiger charge is -2.28. The number of piperidine rings is 1. The van der Waals surface area contributed by atoms with Crippen LogP contribution in [0.15, 0.2) is 60.8 Å². The van der Waals surface area contributed by atoms with E-state index in [0.717, 1.165) is 24.1 Å². The van der Waals surface area contributed by atoms with Crippen LogP contribution in [0.4, 0.5) is 17.1 Å². The number of benzene rings is 2. The summed E-state index contributed by atoms with van der Waals surface area (Å²) in [6.45, 7) is 3.04. The summed E-state index contributed by atoms with van der Waals surface area (Å²) >= 11 is 0. The van der Waals surface area contributed by atoms with E-state index in [0.29, 0.717) is 43.7 Å². The van der Waals surface area contributed by atoms with Crippen LogP contribution in [0.5, 0.6) is 0 Å². The predicted molar refractivity (Wildman–Crippen MR) is 155 cm³/mol. The maximum absolute atomic E-state index is 13.9. The lowest BCUT2D eigenvalue weighted by molar-refractivity contribution is -0.385. The van der Waals surface area contributed by atoms with E-state index in [2.05, 4.69) is 10.3 Å². The molecule has 0 unspecified atom stereocenters. The second-order valence-corrected chi connectivity index (χ2v) is 10.7. The number of allylic oxidation sites excluding steroid dienone is 1. The molecule has 12 heteroatoms. The zero-order chi connectivity index (χ0) is 29.9. The lowest BCUT2D eigenvalue weighted by Crippen LogP contribution is -2.44. The summed E-state index contributed by atoms with van der Waals surface area (Å²) in [6.07, 6.45) is 8.68. The molecule has 0 radical (unpaired) electrons. The molecule has 0 spiro atoms. The summed E-state index contributed by atoms with van der Waals surface area (Å²) in [6, 6.07) is 11.5. The summed E-state index contributed by atoms with van der Waals surface area (Å²) < 4.78 is 1.66. The Morgan fingerprint density at radius 2 is 1.95 bits per heavy atom. The fourth-order valence-electron chi connectivity index (χ4n) is 5.57. The van der Waals surface area contributed by atoms with Crippen molar-refractivity contribution in [3.8, 4) is 0 Å². The van der Waals surface area contributed by atoms with Gasteiger partial charge in [0.15, 0.2) is 5.60 Å². The average Bonchev–Trinajstić information content (AvgIpc) is 3.52. The highest BCUT2D eigenvalue weighted by molar-refractivity contribution is 6.07. The highest BCUT2D eigenvalue weighted by Crippen LogP contribution is 2.47. The van der Waals surface area contributed by atoms with Gasteiger partial charge in [-0.3, -0.25) is 24.4 Å². The standard InChI is InChI=1S/C30H34N6O6/c1-21(6-2-4-15-33-20-23(14-17-37)31-32-33)30(40)26-18-25(36(41)42)12-13-27(26)35(29(30)39)19-22-8-10-24(11-9-22)34-16-5-3-7-28(34)38/h2,6,8-13,18,20-21,37,40H,3-5,7,14-17,19H2,1H3/b6-2+/t21-,30+/m1/s1. The van der Waals surface area contributed by atoms with Crippen LogP contribution in [0.3, 0.4) is 0 Å². The number of fused-ring (bicyclic) bond motifs is 1. The Morgan fingerprint density at radius 1 is 1.17 bits per heavy atom. The highest BCUT2D eigenvalue weighted by Gasteiger charge is 2.53. The Hall–Kier alpha value is -4.42. The Kier molecular flexibility index (Phi) is 8.46. The van der Waals surface area contributed by atoms with Gasteiger partial charge in [0.05, 0.1) is 22.8 Å². The smallest absolute Gasteiger partial charge is 0.269 e. The molecule has 3 heterocycles. The van der Waals surface area contributed by atoms with E-state index in [1.54, 1.807) is 28.8 Å². The Morgan fingerprint density at radius 3 is 2.67 bits per heavy atom. The van der Waals surface area contributed by atoms with Gasteiger partial charge in [0, 0.05) is 68.0 Å². The van der Waals surface area contributed by atoms with Gasteiger partial charge in [0.1, 0.15) is 0 Å². The number of nitro groups is 1. The molecule has 0 saturated carbocycles. The molecule has 1 aromatic heterocycles. The van der Waals surface area contributed by atoms with E-state index in [1.165, 1.54) is 23.1 Å². The summed E-state index contributed by atoms with van der Waals surface area (Å²) in [5, 5.41) is 40.5. The molecule has 1 fully saturated rings. The number of nitrogens with zero attached hydrogens (tertiary/aromatic N) is 6. The van der Waals surface area contributed by atoms with Crippen molar-refractivity contribution in [2.45, 2.75) is 57.7 Å². The van der Waals surface area contributed by atoms with Gasteiger partial charge >= 0.3 is 0 Å². The van der Waals surface area contributed by atoms with E-state index in [4.69, 9.17) is 5.11 Å². The van der Waals surface area contributed by atoms with Crippen LogP contribution in [-0.2, 0) is 34.7 Å². The summed E-state index contributed by atoms with van der Waals surface area (Å²) in [4.78, 5) is 40.4. The first kappa shape index (κ1) is 29.1. The van der Waals surface area contributed by atoms with E-state index < -0.39 is 22.3 Å². The Labute approximate surface area is 243 Å². The Balaban J connectivity index is 1.35. The maximum atomic E-state index is 13.9. The molecule has 2 aromatic carbocycles. The molecule has 2 amide bonds. The Bertz CT molecular complexity index is 1500. The first-order valence-corrected chi connectivity index (χ1v) is 14.1. The lowest BCUT2D eigenvalue weighted by atomic mass is 9.82. The zero-order valence-electron chi connectivity index (χ0n) is 23.4. The van der Waals surface area contributed by atoms with Crippen LogP contribution >= 0.6 is 0 Å². The van der Waals surface area contributed by atoms with Gasteiger partial charge in [-0.2, -0.15) is 0 Å². The molecule has 2 N–H and O–H groups in total. The average molecular weight is 575 g/mol. The highest BCUT2D eigenvalue weighted by atomic mass is 16.6. The van der Waals surface area contributed by atoms with Gasteiger partial charge in [-0.15, -0.1) is 5.10 Å². The molecule has 0 aliphatic carbocycles. The number of aryl methyl sites for hydroxylation is 1. The van der Waals surface area contributed by atoms with Gasteiger partial charge in [0.2, 0.25) is 5.91 Å². The van der Waals surface area contributed by atoms with E-state index in [1.807, 2.05) is 30.3 Å². The number of amides is 2. The number of rotatable bonds is 11. The fourth-order valence-corrected chi connectivity index (χ4v) is 5.57. The van der Waals surface area contributed by atoms with Gasteiger partial charge < -0.3 is 20.0 Å². The van der Waals surface area contributed by atoms with Crippen LogP contribution in [0.2, 0.25) is 0 Å². The normalized spacial score (nSPS) is 19.5. The third kappa shape index (κ3) is 5.68. The number of carbonyl (C=O) groups is 2. The second kappa shape index (κ2) is 12.2. The largest absolute Gasteiger partial charge is 0.396 e. The first-order valence-electron chi connectivity index (χ1n) is 14.1. The van der Waals surface area contributed by atoms with E-state index >= 15 is 0 Å². The number of carbonyl (C=O) groups excluding carboxylic acids is 2. The van der Waals surface area contributed by atoms with E-state index in [9.17, 15) is 24.8 Å². The fraction of sp³-hybridized carbons (Fsp3) is 0.400. The molecule has 12 nitrogen and oxygen atoms in total. The number of nitro benzene ring substituents is 1. The number of anilines is 2. The molecule has 5 rings (SSSR count). The van der Waals surface area contributed by atoms with Crippen molar-refractivity contribution < 1.29 is 24.7 Å². The van der Waals surface area contributed by atoms with E-state index in [-0.39, 0.29) is 30.3 Å². The van der Waals surface area contributed by atoms with Crippen LogP contribution in [0.25, 0.3) is 0 Å². The molecular weight excluding hydrogens is 540 g/mol. The van der Waals surface area contributed by atoms with Gasteiger partial charge in [-0.25, -0.2) is 0 Å². The minimum Gasteiger partial charge on any atom is -0.396 e. The molecule has 2 atom stereocenters. The third-order valence-corrected chi connectivity index (χ3v) is 7.94. The predicted octanol–water partition coefficient (Wildman–Crippen LogP) is 3.26. The monoisotopic (exact) mass is 574 g/mol. The molecular formula is C30H34N6O6. The quantitative estimate of drug-likeness (QED) is 0.201. The third-order valence-electron chi connectivity index (χ3n) is 7.94. The topological polar surface area (TPSA) is 155 Å². The number of aromatic nitrogens is 3. The number of aliphatic hydroxyl groups excluding tert-OH is 1. The van der Waals surface area contributed by atoms with Gasteiger partial charge in [-0.05, 0) is 43.0 Å². The van der Waals surface area contributed by atoms with Crippen molar-refractivity contribution in [3.63, 3.8) is 0 Å². The minimum atomic E-state index is -2.00.